The minimum Gasteiger partial charge on any atom is -0.453 e. The molecular formula is C42H28O4. The lowest BCUT2D eigenvalue weighted by atomic mass is 9.93. The van der Waals surface area contributed by atoms with E-state index in [1.807, 2.05) is 121 Å². The standard InChI is InChI=1S/C42H28O4/c1-5-15-29(16-6-1)43-39-25-35-33-23-13-14-24-34(33)36-26-40(44-30-17-7-2-8-18-30)42(46-32-21-11-4-12-22-32)28-38(36)37(35)27-41(39)45-31-19-9-3-10-20-31/h1-28H. The zero-order valence-corrected chi connectivity index (χ0v) is 24.8. The van der Waals surface area contributed by atoms with Crippen LogP contribution in [-0.2, 0) is 0 Å². The number of fused-ring (bicyclic) bond motifs is 6. The zero-order chi connectivity index (χ0) is 30.7. The highest BCUT2D eigenvalue weighted by Crippen LogP contribution is 2.47. The predicted octanol–water partition coefficient (Wildman–Crippen LogP) is 12.3. The van der Waals surface area contributed by atoms with Gasteiger partial charge in [0.1, 0.15) is 23.0 Å². The second kappa shape index (κ2) is 12.0. The van der Waals surface area contributed by atoms with Crippen LogP contribution in [0.4, 0.5) is 0 Å². The third-order valence-electron chi connectivity index (χ3n) is 7.85. The van der Waals surface area contributed by atoms with Crippen molar-refractivity contribution in [3.8, 4) is 46.0 Å². The van der Waals surface area contributed by atoms with Crippen LogP contribution in [0.1, 0.15) is 0 Å². The molecule has 0 atom stereocenters. The minimum atomic E-state index is 0.606. The maximum atomic E-state index is 6.50. The van der Waals surface area contributed by atoms with Gasteiger partial charge in [-0.15, -0.1) is 0 Å². The van der Waals surface area contributed by atoms with Gasteiger partial charge in [0, 0.05) is 0 Å². The number of ether oxygens (including phenoxy) is 4. The molecule has 0 saturated heterocycles. The highest BCUT2D eigenvalue weighted by Gasteiger charge is 2.19. The summed E-state index contributed by atoms with van der Waals surface area (Å²) in [6, 6.07) is 55.8. The molecule has 0 unspecified atom stereocenters. The molecule has 4 heteroatoms. The van der Waals surface area contributed by atoms with Gasteiger partial charge in [0.05, 0.1) is 0 Å². The predicted molar refractivity (Wildman–Crippen MR) is 185 cm³/mol. The molecule has 8 aromatic rings. The Balaban J connectivity index is 1.39. The van der Waals surface area contributed by atoms with Gasteiger partial charge in [0.15, 0.2) is 23.0 Å². The van der Waals surface area contributed by atoms with E-state index in [1.165, 1.54) is 0 Å². The molecule has 0 aliphatic rings. The van der Waals surface area contributed by atoms with Crippen LogP contribution in [0.3, 0.4) is 0 Å². The number of para-hydroxylation sites is 4. The minimum absolute atomic E-state index is 0.606. The fraction of sp³-hybridized carbons (Fsp3) is 0. The summed E-state index contributed by atoms with van der Waals surface area (Å²) in [7, 11) is 0. The highest BCUT2D eigenvalue weighted by molar-refractivity contribution is 6.26. The van der Waals surface area contributed by atoms with Crippen LogP contribution < -0.4 is 18.9 Å². The molecule has 4 nitrogen and oxygen atoms in total. The number of hydrogen-bond donors (Lipinski definition) is 0. The summed E-state index contributed by atoms with van der Waals surface area (Å²) in [6.45, 7) is 0. The van der Waals surface area contributed by atoms with E-state index in [0.717, 1.165) is 55.3 Å². The highest BCUT2D eigenvalue weighted by atomic mass is 16.5. The van der Waals surface area contributed by atoms with Crippen molar-refractivity contribution in [3.05, 3.63) is 170 Å². The largest absolute Gasteiger partial charge is 0.453 e. The van der Waals surface area contributed by atoms with Gasteiger partial charge in [-0.3, -0.25) is 0 Å². The van der Waals surface area contributed by atoms with Crippen LogP contribution in [0.25, 0.3) is 32.3 Å². The molecule has 8 aromatic carbocycles. The molecule has 46 heavy (non-hydrogen) atoms. The first-order valence-electron chi connectivity index (χ1n) is 15.2. The molecule has 0 heterocycles. The van der Waals surface area contributed by atoms with E-state index in [-0.39, 0.29) is 0 Å². The van der Waals surface area contributed by atoms with E-state index < -0.39 is 0 Å². The summed E-state index contributed by atoms with van der Waals surface area (Å²) in [5.41, 5.74) is 0. The molecule has 0 spiro atoms. The summed E-state index contributed by atoms with van der Waals surface area (Å²) in [4.78, 5) is 0. The van der Waals surface area contributed by atoms with Crippen molar-refractivity contribution in [1.29, 1.82) is 0 Å². The molecule has 220 valence electrons. The lowest BCUT2D eigenvalue weighted by molar-refractivity contribution is 0.419. The van der Waals surface area contributed by atoms with Crippen molar-refractivity contribution in [1.82, 2.24) is 0 Å². The van der Waals surface area contributed by atoms with Gasteiger partial charge in [-0.2, -0.15) is 0 Å². The zero-order valence-electron chi connectivity index (χ0n) is 24.8. The molecule has 0 aromatic heterocycles. The number of benzene rings is 8. The van der Waals surface area contributed by atoms with Crippen molar-refractivity contribution in [3.63, 3.8) is 0 Å². The first-order valence-corrected chi connectivity index (χ1v) is 15.2. The van der Waals surface area contributed by atoms with Gasteiger partial charge in [-0.1, -0.05) is 97.1 Å². The molecule has 0 saturated carbocycles. The van der Waals surface area contributed by atoms with Crippen molar-refractivity contribution < 1.29 is 18.9 Å². The Morgan fingerprint density at radius 2 is 0.435 bits per heavy atom. The fourth-order valence-electron chi connectivity index (χ4n) is 5.75. The molecule has 0 bridgehead atoms. The quantitative estimate of drug-likeness (QED) is 0.164. The SMILES string of the molecule is c1ccc(Oc2cc3c4ccccc4c4cc(Oc5ccccc5)c(Oc5ccccc5)cc4c3cc2Oc2ccccc2)cc1. The third-order valence-corrected chi connectivity index (χ3v) is 7.85. The third kappa shape index (κ3) is 5.44. The van der Waals surface area contributed by atoms with Crippen molar-refractivity contribution >= 4 is 32.3 Å². The monoisotopic (exact) mass is 596 g/mol. The smallest absolute Gasteiger partial charge is 0.170 e. The van der Waals surface area contributed by atoms with E-state index in [4.69, 9.17) is 18.9 Å². The molecule has 0 aliphatic carbocycles. The van der Waals surface area contributed by atoms with Crippen molar-refractivity contribution in [2.45, 2.75) is 0 Å². The van der Waals surface area contributed by atoms with Gasteiger partial charge in [0.25, 0.3) is 0 Å². The first-order chi connectivity index (χ1) is 22.8. The average Bonchev–Trinajstić information content (AvgIpc) is 3.11. The molecule has 0 radical (unpaired) electrons. The summed E-state index contributed by atoms with van der Waals surface area (Å²) in [5, 5.41) is 6.27. The van der Waals surface area contributed by atoms with E-state index in [2.05, 4.69) is 48.5 Å². The second-order valence-corrected chi connectivity index (χ2v) is 10.9. The van der Waals surface area contributed by atoms with Crippen LogP contribution in [-0.4, -0.2) is 0 Å². The van der Waals surface area contributed by atoms with Crippen LogP contribution in [0.15, 0.2) is 170 Å². The molecule has 0 fully saturated rings. The molecular weight excluding hydrogens is 568 g/mol. The van der Waals surface area contributed by atoms with Crippen molar-refractivity contribution in [2.75, 3.05) is 0 Å². The van der Waals surface area contributed by atoms with Gasteiger partial charge in [-0.25, -0.2) is 0 Å². The van der Waals surface area contributed by atoms with E-state index >= 15 is 0 Å². The summed E-state index contributed by atoms with van der Waals surface area (Å²) in [6.07, 6.45) is 0. The lowest BCUT2D eigenvalue weighted by Gasteiger charge is -2.19. The van der Waals surface area contributed by atoms with Crippen LogP contribution in [0.5, 0.6) is 46.0 Å². The van der Waals surface area contributed by atoms with Crippen LogP contribution >= 0.6 is 0 Å². The van der Waals surface area contributed by atoms with E-state index in [1.54, 1.807) is 0 Å². The van der Waals surface area contributed by atoms with Gasteiger partial charge < -0.3 is 18.9 Å². The van der Waals surface area contributed by atoms with Crippen LogP contribution in [0.2, 0.25) is 0 Å². The van der Waals surface area contributed by atoms with Gasteiger partial charge >= 0.3 is 0 Å². The van der Waals surface area contributed by atoms with Gasteiger partial charge in [-0.05, 0) is 105 Å². The summed E-state index contributed by atoms with van der Waals surface area (Å²) in [5.74, 6) is 5.35. The maximum Gasteiger partial charge on any atom is 0.170 e. The number of rotatable bonds is 8. The molecule has 0 aliphatic heterocycles. The Bertz CT molecular complexity index is 2120. The number of hydrogen-bond acceptors (Lipinski definition) is 4. The molecule has 8 rings (SSSR count). The van der Waals surface area contributed by atoms with E-state index in [0.29, 0.717) is 23.0 Å². The Hall–Kier alpha value is -6.26. The summed E-state index contributed by atoms with van der Waals surface area (Å²) >= 11 is 0. The normalized spacial score (nSPS) is 11.0. The maximum absolute atomic E-state index is 6.50. The van der Waals surface area contributed by atoms with Crippen LogP contribution in [0, 0.1) is 0 Å². The Labute approximate surface area is 266 Å². The topological polar surface area (TPSA) is 36.9 Å². The second-order valence-electron chi connectivity index (χ2n) is 10.9. The Kier molecular flexibility index (Phi) is 7.14. The van der Waals surface area contributed by atoms with E-state index in [9.17, 15) is 0 Å². The first kappa shape index (κ1) is 27.3. The van der Waals surface area contributed by atoms with Crippen molar-refractivity contribution in [2.24, 2.45) is 0 Å². The molecule has 0 N–H and O–H groups in total. The lowest BCUT2D eigenvalue weighted by Crippen LogP contribution is -1.94. The summed E-state index contributed by atoms with van der Waals surface area (Å²) < 4.78 is 25.9. The van der Waals surface area contributed by atoms with Gasteiger partial charge in [0.2, 0.25) is 0 Å². The average molecular weight is 597 g/mol. The Morgan fingerprint density at radius 3 is 0.696 bits per heavy atom. The Morgan fingerprint density at radius 1 is 0.217 bits per heavy atom. The fourth-order valence-corrected chi connectivity index (χ4v) is 5.75. The molecule has 0 amide bonds.